The molecule has 0 bridgehead atoms. The smallest absolute Gasteiger partial charge is 0.120 e. The van der Waals surface area contributed by atoms with Crippen molar-refractivity contribution < 1.29 is 4.79 Å². The summed E-state index contributed by atoms with van der Waals surface area (Å²) in [6.45, 7) is 2.18. The lowest BCUT2D eigenvalue weighted by atomic mass is 10.2. The highest BCUT2D eigenvalue weighted by molar-refractivity contribution is 7.99. The van der Waals surface area contributed by atoms with Crippen molar-refractivity contribution in [2.45, 2.75) is 24.2 Å². The van der Waals surface area contributed by atoms with Crippen molar-refractivity contribution in [1.82, 2.24) is 0 Å². The maximum Gasteiger partial charge on any atom is 0.120 e. The highest BCUT2D eigenvalue weighted by Crippen LogP contribution is 2.39. The largest absolute Gasteiger partial charge is 0.377 e. The average molecular weight is 313 g/mol. The Hall–Kier alpha value is -0.870. The molecule has 0 aliphatic carbocycles. The Balaban J connectivity index is 2.27. The van der Waals surface area contributed by atoms with Crippen LogP contribution in [0.1, 0.15) is 19.3 Å². The molecular formula is C15H21ClN2OS. The molecule has 1 aliphatic heterocycles. The first-order chi connectivity index (χ1) is 9.63. The van der Waals surface area contributed by atoms with Gasteiger partial charge in [0, 0.05) is 44.3 Å². The fourth-order valence-corrected chi connectivity index (χ4v) is 3.79. The molecule has 0 saturated carbocycles. The standard InChI is InChI=1S/C15H21ClN2OS/c1-17(2)14-11-13(18-6-3-4-7-18)12(16)10-15(14)20-9-5-8-19/h8,10-11H,3-7,9H2,1-2H3. The van der Waals surface area contributed by atoms with E-state index in [1.807, 2.05) is 20.2 Å². The van der Waals surface area contributed by atoms with Gasteiger partial charge in [-0.25, -0.2) is 0 Å². The van der Waals surface area contributed by atoms with Gasteiger partial charge in [0.15, 0.2) is 0 Å². The molecule has 0 spiro atoms. The van der Waals surface area contributed by atoms with Gasteiger partial charge in [-0.1, -0.05) is 11.6 Å². The Labute approximate surface area is 130 Å². The number of hydrogen-bond acceptors (Lipinski definition) is 4. The van der Waals surface area contributed by atoms with Crippen LogP contribution in [0.2, 0.25) is 5.02 Å². The molecule has 1 fully saturated rings. The van der Waals surface area contributed by atoms with Gasteiger partial charge in [-0.05, 0) is 25.0 Å². The molecule has 0 N–H and O–H groups in total. The lowest BCUT2D eigenvalue weighted by Crippen LogP contribution is -2.19. The van der Waals surface area contributed by atoms with E-state index >= 15 is 0 Å². The summed E-state index contributed by atoms with van der Waals surface area (Å²) in [7, 11) is 4.08. The predicted molar refractivity (Wildman–Crippen MR) is 88.6 cm³/mol. The molecule has 0 aromatic heterocycles. The quantitative estimate of drug-likeness (QED) is 0.454. The van der Waals surface area contributed by atoms with Gasteiger partial charge in [0.25, 0.3) is 0 Å². The van der Waals surface area contributed by atoms with Crippen molar-refractivity contribution in [1.29, 1.82) is 0 Å². The number of anilines is 2. The van der Waals surface area contributed by atoms with Gasteiger partial charge in [0.1, 0.15) is 6.29 Å². The average Bonchev–Trinajstić information content (AvgIpc) is 2.92. The second kappa shape index (κ2) is 7.23. The first kappa shape index (κ1) is 15.5. The molecule has 20 heavy (non-hydrogen) atoms. The van der Waals surface area contributed by atoms with Gasteiger partial charge < -0.3 is 14.6 Å². The second-order valence-electron chi connectivity index (χ2n) is 5.16. The summed E-state index contributed by atoms with van der Waals surface area (Å²) in [5.74, 6) is 0.795. The summed E-state index contributed by atoms with van der Waals surface area (Å²) >= 11 is 8.15. The Morgan fingerprint density at radius 2 is 2.05 bits per heavy atom. The molecule has 0 unspecified atom stereocenters. The normalized spacial score (nSPS) is 14.7. The minimum Gasteiger partial charge on any atom is -0.377 e. The third-order valence-corrected chi connectivity index (χ3v) is 4.83. The highest BCUT2D eigenvalue weighted by Gasteiger charge is 2.18. The van der Waals surface area contributed by atoms with E-state index in [-0.39, 0.29) is 0 Å². The fraction of sp³-hybridized carbons (Fsp3) is 0.533. The molecular weight excluding hydrogens is 292 g/mol. The number of carbonyl (C=O) groups is 1. The third-order valence-electron chi connectivity index (χ3n) is 3.45. The van der Waals surface area contributed by atoms with E-state index in [4.69, 9.17) is 11.6 Å². The summed E-state index contributed by atoms with van der Waals surface area (Å²) in [6, 6.07) is 4.22. The Kier molecular flexibility index (Phi) is 5.61. The van der Waals surface area contributed by atoms with Gasteiger partial charge in [-0.15, -0.1) is 11.8 Å². The molecule has 1 aliphatic rings. The molecule has 0 radical (unpaired) electrons. The molecule has 1 saturated heterocycles. The lowest BCUT2D eigenvalue weighted by molar-refractivity contribution is -0.107. The summed E-state index contributed by atoms with van der Waals surface area (Å²) < 4.78 is 0. The van der Waals surface area contributed by atoms with Crippen molar-refractivity contribution in [2.24, 2.45) is 0 Å². The number of carbonyl (C=O) groups excluding carboxylic acids is 1. The maximum absolute atomic E-state index is 10.5. The maximum atomic E-state index is 10.5. The van der Waals surface area contributed by atoms with Crippen LogP contribution in [-0.4, -0.2) is 39.2 Å². The molecule has 2 rings (SSSR count). The number of nitrogens with zero attached hydrogens (tertiary/aromatic N) is 2. The fourth-order valence-electron chi connectivity index (χ4n) is 2.42. The van der Waals surface area contributed by atoms with Crippen LogP contribution in [-0.2, 0) is 4.79 Å². The van der Waals surface area contributed by atoms with Crippen LogP contribution < -0.4 is 9.80 Å². The summed E-state index contributed by atoms with van der Waals surface area (Å²) in [5, 5.41) is 0.811. The SMILES string of the molecule is CN(C)c1cc(N2CCCC2)c(Cl)cc1SCCC=O. The number of benzene rings is 1. The van der Waals surface area contributed by atoms with Gasteiger partial charge in [0.05, 0.1) is 16.4 Å². The molecule has 1 heterocycles. The van der Waals surface area contributed by atoms with Crippen LogP contribution in [0.3, 0.4) is 0 Å². The minimum atomic E-state index is 0.572. The number of hydrogen-bond donors (Lipinski definition) is 0. The minimum absolute atomic E-state index is 0.572. The van der Waals surface area contributed by atoms with Crippen LogP contribution >= 0.6 is 23.4 Å². The monoisotopic (exact) mass is 312 g/mol. The number of aldehydes is 1. The zero-order valence-corrected chi connectivity index (χ0v) is 13.6. The lowest BCUT2D eigenvalue weighted by Gasteiger charge is -2.24. The number of rotatable bonds is 6. The Morgan fingerprint density at radius 1 is 1.35 bits per heavy atom. The van der Waals surface area contributed by atoms with Crippen LogP contribution in [0, 0.1) is 0 Å². The van der Waals surface area contributed by atoms with Gasteiger partial charge in [0.2, 0.25) is 0 Å². The van der Waals surface area contributed by atoms with Crippen LogP contribution in [0.15, 0.2) is 17.0 Å². The highest BCUT2D eigenvalue weighted by atomic mass is 35.5. The third kappa shape index (κ3) is 3.61. The second-order valence-corrected chi connectivity index (χ2v) is 6.71. The zero-order chi connectivity index (χ0) is 14.5. The van der Waals surface area contributed by atoms with Crippen molar-refractivity contribution in [2.75, 3.05) is 42.7 Å². The van der Waals surface area contributed by atoms with Crippen molar-refractivity contribution in [3.63, 3.8) is 0 Å². The Bertz CT molecular complexity index is 473. The van der Waals surface area contributed by atoms with E-state index in [1.54, 1.807) is 11.8 Å². The molecule has 1 aromatic carbocycles. The van der Waals surface area contributed by atoms with E-state index in [0.717, 1.165) is 40.7 Å². The van der Waals surface area contributed by atoms with E-state index < -0.39 is 0 Å². The molecule has 5 heteroatoms. The summed E-state index contributed by atoms with van der Waals surface area (Å²) in [5.41, 5.74) is 2.31. The van der Waals surface area contributed by atoms with Crippen molar-refractivity contribution >= 4 is 41.0 Å². The summed E-state index contributed by atoms with van der Waals surface area (Å²) in [6.07, 6.45) is 4.01. The Morgan fingerprint density at radius 3 is 2.65 bits per heavy atom. The predicted octanol–water partition coefficient (Wildman–Crippen LogP) is 3.69. The van der Waals surface area contributed by atoms with Crippen LogP contribution in [0.4, 0.5) is 11.4 Å². The molecule has 0 atom stereocenters. The van der Waals surface area contributed by atoms with E-state index in [9.17, 15) is 4.79 Å². The topological polar surface area (TPSA) is 23.6 Å². The molecule has 110 valence electrons. The molecule has 1 aromatic rings. The van der Waals surface area contributed by atoms with Crippen molar-refractivity contribution in [3.8, 4) is 0 Å². The van der Waals surface area contributed by atoms with Gasteiger partial charge >= 0.3 is 0 Å². The zero-order valence-electron chi connectivity index (χ0n) is 12.1. The van der Waals surface area contributed by atoms with Crippen LogP contribution in [0.25, 0.3) is 0 Å². The first-order valence-corrected chi connectivity index (χ1v) is 8.32. The van der Waals surface area contributed by atoms with E-state index in [1.165, 1.54) is 18.5 Å². The number of thioether (sulfide) groups is 1. The molecule has 0 amide bonds. The number of halogens is 1. The van der Waals surface area contributed by atoms with Gasteiger partial charge in [-0.3, -0.25) is 0 Å². The first-order valence-electron chi connectivity index (χ1n) is 6.95. The summed E-state index contributed by atoms with van der Waals surface area (Å²) in [4.78, 5) is 16.1. The van der Waals surface area contributed by atoms with Gasteiger partial charge in [-0.2, -0.15) is 0 Å². The molecule has 3 nitrogen and oxygen atoms in total. The van der Waals surface area contributed by atoms with E-state index in [0.29, 0.717) is 6.42 Å². The van der Waals surface area contributed by atoms with Crippen LogP contribution in [0.5, 0.6) is 0 Å². The van der Waals surface area contributed by atoms with E-state index in [2.05, 4.69) is 15.9 Å². The van der Waals surface area contributed by atoms with Crippen molar-refractivity contribution in [3.05, 3.63) is 17.2 Å².